The van der Waals surface area contributed by atoms with Gasteiger partial charge in [-0.3, -0.25) is 0 Å². The van der Waals surface area contributed by atoms with E-state index in [0.717, 1.165) is 77.0 Å². The number of esters is 2. The number of ether oxygens (including phenoxy) is 2. The molecule has 4 nitrogen and oxygen atoms in total. The Bertz CT molecular complexity index is 610. The van der Waals surface area contributed by atoms with E-state index in [4.69, 9.17) is 9.47 Å². The van der Waals surface area contributed by atoms with E-state index in [-0.39, 0.29) is 11.9 Å². The van der Waals surface area contributed by atoms with Crippen molar-refractivity contribution in [1.82, 2.24) is 0 Å². The van der Waals surface area contributed by atoms with Gasteiger partial charge in [0.15, 0.2) is 0 Å². The molecule has 0 saturated heterocycles. The summed E-state index contributed by atoms with van der Waals surface area (Å²) in [6.07, 6.45) is 11.7. The van der Waals surface area contributed by atoms with Crippen molar-refractivity contribution in [1.29, 1.82) is 0 Å². The molecule has 0 aromatic heterocycles. The Morgan fingerprint density at radius 1 is 0.594 bits per heavy atom. The molecule has 0 spiro atoms. The number of carbonyl (C=O) groups is 2. The minimum Gasteiger partial charge on any atom is -0.456 e. The molecule has 1 aromatic rings. The molecule has 0 aliphatic heterocycles. The van der Waals surface area contributed by atoms with Crippen molar-refractivity contribution in [2.24, 2.45) is 0 Å². The number of rotatable bonds is 16. The van der Waals surface area contributed by atoms with E-state index in [2.05, 4.69) is 41.5 Å². The van der Waals surface area contributed by atoms with Gasteiger partial charge in [0, 0.05) is 0 Å². The van der Waals surface area contributed by atoms with Crippen molar-refractivity contribution >= 4 is 11.9 Å². The lowest BCUT2D eigenvalue weighted by atomic mass is 9.90. The second kappa shape index (κ2) is 14.3. The molecule has 182 valence electrons. The van der Waals surface area contributed by atoms with E-state index in [0.29, 0.717) is 11.1 Å². The lowest BCUT2D eigenvalue weighted by Crippen LogP contribution is -2.34. The van der Waals surface area contributed by atoms with Gasteiger partial charge in [0.05, 0.1) is 11.1 Å². The summed E-state index contributed by atoms with van der Waals surface area (Å²) in [5.74, 6) is -0.637. The van der Waals surface area contributed by atoms with Crippen molar-refractivity contribution in [2.75, 3.05) is 0 Å². The maximum Gasteiger partial charge on any atom is 0.338 e. The molecule has 0 aliphatic carbocycles. The standard InChI is InChI=1S/C28H46O4/c1-7-13-15-21-27(9-3,10-4)31-25(29)23-17-19-24(20-18-23)26(30)32-28(11-5,12-6)22-16-14-8-2/h17-20H,7-16,21-22H2,1-6H3. The Kier molecular flexibility index (Phi) is 12.6. The van der Waals surface area contributed by atoms with Crippen LogP contribution in [0.25, 0.3) is 0 Å². The van der Waals surface area contributed by atoms with Gasteiger partial charge in [-0.05, 0) is 75.6 Å². The van der Waals surface area contributed by atoms with E-state index >= 15 is 0 Å². The van der Waals surface area contributed by atoms with Gasteiger partial charge in [-0.2, -0.15) is 0 Å². The van der Waals surface area contributed by atoms with Crippen LogP contribution in [0.5, 0.6) is 0 Å². The van der Waals surface area contributed by atoms with Crippen LogP contribution in [0.1, 0.15) is 139 Å². The van der Waals surface area contributed by atoms with Crippen LogP contribution in [-0.2, 0) is 9.47 Å². The smallest absolute Gasteiger partial charge is 0.338 e. The zero-order valence-electron chi connectivity index (χ0n) is 21.4. The third-order valence-electron chi connectivity index (χ3n) is 7.02. The molecule has 0 fully saturated rings. The topological polar surface area (TPSA) is 52.6 Å². The zero-order chi connectivity index (χ0) is 24.0. The molecule has 0 saturated carbocycles. The van der Waals surface area contributed by atoms with Crippen LogP contribution in [-0.4, -0.2) is 23.1 Å². The molecular weight excluding hydrogens is 400 g/mol. The number of benzene rings is 1. The van der Waals surface area contributed by atoms with Crippen molar-refractivity contribution < 1.29 is 19.1 Å². The molecule has 0 unspecified atom stereocenters. The van der Waals surface area contributed by atoms with Gasteiger partial charge in [0.2, 0.25) is 0 Å². The quantitative estimate of drug-likeness (QED) is 0.189. The van der Waals surface area contributed by atoms with Gasteiger partial charge >= 0.3 is 11.9 Å². The van der Waals surface area contributed by atoms with E-state index in [1.165, 1.54) is 0 Å². The molecule has 32 heavy (non-hydrogen) atoms. The SMILES string of the molecule is CCCCCC(CC)(CC)OC(=O)c1ccc(C(=O)OC(CC)(CC)CCCCC)cc1. The summed E-state index contributed by atoms with van der Waals surface area (Å²) in [6, 6.07) is 6.71. The van der Waals surface area contributed by atoms with Crippen molar-refractivity contribution in [3.63, 3.8) is 0 Å². The predicted octanol–water partition coefficient (Wildman–Crippen LogP) is 8.28. The summed E-state index contributed by atoms with van der Waals surface area (Å²) in [4.78, 5) is 25.6. The van der Waals surface area contributed by atoms with Crippen LogP contribution in [0.4, 0.5) is 0 Å². The molecule has 0 bridgehead atoms. The van der Waals surface area contributed by atoms with E-state index < -0.39 is 11.2 Å². The van der Waals surface area contributed by atoms with Crippen molar-refractivity contribution in [2.45, 2.75) is 130 Å². The average molecular weight is 447 g/mol. The summed E-state index contributed by atoms with van der Waals surface area (Å²) >= 11 is 0. The third-order valence-corrected chi connectivity index (χ3v) is 7.02. The molecule has 0 heterocycles. The number of hydrogen-bond donors (Lipinski definition) is 0. The minimum absolute atomic E-state index is 0.318. The van der Waals surface area contributed by atoms with Gasteiger partial charge in [0.25, 0.3) is 0 Å². The maximum absolute atomic E-state index is 12.8. The molecular formula is C28H46O4. The average Bonchev–Trinajstić information content (AvgIpc) is 2.83. The number of hydrogen-bond acceptors (Lipinski definition) is 4. The molecule has 0 aliphatic rings. The normalized spacial score (nSPS) is 11.9. The zero-order valence-corrected chi connectivity index (χ0v) is 21.4. The fourth-order valence-electron chi connectivity index (χ4n) is 4.25. The van der Waals surface area contributed by atoms with Crippen molar-refractivity contribution in [3.8, 4) is 0 Å². The predicted molar refractivity (Wildman–Crippen MR) is 132 cm³/mol. The molecule has 0 N–H and O–H groups in total. The monoisotopic (exact) mass is 446 g/mol. The highest BCUT2D eigenvalue weighted by atomic mass is 16.6. The first-order chi connectivity index (χ1) is 15.3. The second-order valence-electron chi connectivity index (χ2n) is 9.05. The largest absolute Gasteiger partial charge is 0.456 e. The highest BCUT2D eigenvalue weighted by molar-refractivity contribution is 5.93. The first kappa shape index (κ1) is 28.2. The Hall–Kier alpha value is -1.84. The van der Waals surface area contributed by atoms with E-state index in [1.54, 1.807) is 24.3 Å². The Balaban J connectivity index is 2.85. The summed E-state index contributed by atoms with van der Waals surface area (Å²) in [6.45, 7) is 12.7. The van der Waals surface area contributed by atoms with Gasteiger partial charge in [-0.1, -0.05) is 67.2 Å². The van der Waals surface area contributed by atoms with Gasteiger partial charge in [-0.15, -0.1) is 0 Å². The Morgan fingerprint density at radius 2 is 0.906 bits per heavy atom. The molecule has 4 heteroatoms. The molecule has 0 amide bonds. The highest BCUT2D eigenvalue weighted by Gasteiger charge is 2.32. The van der Waals surface area contributed by atoms with Crippen LogP contribution in [0.15, 0.2) is 24.3 Å². The van der Waals surface area contributed by atoms with Crippen LogP contribution < -0.4 is 0 Å². The van der Waals surface area contributed by atoms with E-state index in [9.17, 15) is 9.59 Å². The van der Waals surface area contributed by atoms with Crippen molar-refractivity contribution in [3.05, 3.63) is 35.4 Å². The molecule has 1 aromatic carbocycles. The minimum atomic E-state index is -0.413. The molecule has 1 rings (SSSR count). The first-order valence-corrected chi connectivity index (χ1v) is 12.9. The Labute approximate surface area is 196 Å². The van der Waals surface area contributed by atoms with E-state index in [1.807, 2.05) is 0 Å². The number of unbranched alkanes of at least 4 members (excludes halogenated alkanes) is 4. The Morgan fingerprint density at radius 3 is 1.16 bits per heavy atom. The van der Waals surface area contributed by atoms with Gasteiger partial charge in [0.1, 0.15) is 11.2 Å². The fourth-order valence-corrected chi connectivity index (χ4v) is 4.25. The fraction of sp³-hybridized carbons (Fsp3) is 0.714. The van der Waals surface area contributed by atoms with Gasteiger partial charge < -0.3 is 9.47 Å². The van der Waals surface area contributed by atoms with Crippen LogP contribution in [0.2, 0.25) is 0 Å². The summed E-state index contributed by atoms with van der Waals surface area (Å²) in [5, 5.41) is 0. The first-order valence-electron chi connectivity index (χ1n) is 12.9. The lowest BCUT2D eigenvalue weighted by molar-refractivity contribution is -0.0298. The third kappa shape index (κ3) is 8.26. The second-order valence-corrected chi connectivity index (χ2v) is 9.05. The highest BCUT2D eigenvalue weighted by Crippen LogP contribution is 2.30. The van der Waals surface area contributed by atoms with Gasteiger partial charge in [-0.25, -0.2) is 9.59 Å². The molecule has 0 atom stereocenters. The molecule has 0 radical (unpaired) electrons. The van der Waals surface area contributed by atoms with Crippen LogP contribution in [0.3, 0.4) is 0 Å². The summed E-state index contributed by atoms with van der Waals surface area (Å²) < 4.78 is 12.0. The maximum atomic E-state index is 12.8. The van der Waals surface area contributed by atoms with Crippen LogP contribution in [0, 0.1) is 0 Å². The summed E-state index contributed by atoms with van der Waals surface area (Å²) in [5.41, 5.74) is 0.126. The lowest BCUT2D eigenvalue weighted by Gasteiger charge is -2.32. The number of carbonyl (C=O) groups excluding carboxylic acids is 2. The summed E-state index contributed by atoms with van der Waals surface area (Å²) in [7, 11) is 0. The van der Waals surface area contributed by atoms with Crippen LogP contribution >= 0.6 is 0 Å².